The van der Waals surface area contributed by atoms with E-state index in [0.29, 0.717) is 12.1 Å². The van der Waals surface area contributed by atoms with Gasteiger partial charge in [-0.25, -0.2) is 0 Å². The summed E-state index contributed by atoms with van der Waals surface area (Å²) in [4.78, 5) is 0. The molecule has 0 amide bonds. The molecule has 1 aromatic rings. The van der Waals surface area contributed by atoms with E-state index in [-0.39, 0.29) is 12.8 Å². The van der Waals surface area contributed by atoms with Gasteiger partial charge in [-0.3, -0.25) is 0 Å². The van der Waals surface area contributed by atoms with Gasteiger partial charge in [-0.05, 0) is 24.9 Å². The number of alkyl halides is 3. The number of hydrogen-bond donors (Lipinski definition) is 1. The average molecular weight is 245 g/mol. The molecule has 1 rings (SSSR count). The fourth-order valence-corrected chi connectivity index (χ4v) is 2.00. The molecular weight excluding hydrogens is 227 g/mol. The normalized spacial score (nSPS) is 15.6. The van der Waals surface area contributed by atoms with Crippen LogP contribution in [-0.4, -0.2) is 18.3 Å². The molecule has 1 atom stereocenters. The first-order valence-corrected chi connectivity index (χ1v) is 5.81. The summed E-state index contributed by atoms with van der Waals surface area (Å²) in [5.41, 5.74) is -1.11. The van der Waals surface area contributed by atoms with Crippen molar-refractivity contribution in [3.05, 3.63) is 35.9 Å². The van der Waals surface area contributed by atoms with Crippen LogP contribution in [0.4, 0.5) is 13.2 Å². The average Bonchev–Trinajstić information content (AvgIpc) is 2.28. The first-order valence-electron chi connectivity index (χ1n) is 5.81. The number of nitrogens with one attached hydrogen (secondary N) is 1. The topological polar surface area (TPSA) is 12.0 Å². The van der Waals surface area contributed by atoms with Crippen LogP contribution in [0.2, 0.25) is 0 Å². The standard InChI is InChI=1S/C13H18F3N/c1-3-12(17-4-2,13(14,15)16)10-11-8-6-5-7-9-11/h5-9,17H,3-4,10H2,1-2H3. The summed E-state index contributed by atoms with van der Waals surface area (Å²) in [5, 5.41) is 2.61. The number of halogens is 3. The molecule has 1 nitrogen and oxygen atoms in total. The van der Waals surface area contributed by atoms with Crippen molar-refractivity contribution in [2.24, 2.45) is 0 Å². The lowest BCUT2D eigenvalue weighted by Gasteiger charge is -2.36. The van der Waals surface area contributed by atoms with Crippen molar-refractivity contribution in [3.63, 3.8) is 0 Å². The maximum absolute atomic E-state index is 13.2. The second-order valence-corrected chi connectivity index (χ2v) is 4.13. The van der Waals surface area contributed by atoms with E-state index < -0.39 is 11.7 Å². The van der Waals surface area contributed by atoms with Gasteiger partial charge in [0.2, 0.25) is 0 Å². The highest BCUT2D eigenvalue weighted by molar-refractivity contribution is 5.19. The van der Waals surface area contributed by atoms with Gasteiger partial charge >= 0.3 is 6.18 Å². The third-order valence-corrected chi connectivity index (χ3v) is 3.01. The van der Waals surface area contributed by atoms with Crippen LogP contribution in [0.3, 0.4) is 0 Å². The van der Waals surface area contributed by atoms with E-state index in [1.807, 2.05) is 0 Å². The Morgan fingerprint density at radius 2 is 1.65 bits per heavy atom. The van der Waals surface area contributed by atoms with E-state index >= 15 is 0 Å². The number of likely N-dealkylation sites (N-methyl/N-ethyl adjacent to an activating group) is 1. The predicted octanol–water partition coefficient (Wildman–Crippen LogP) is 3.55. The molecule has 17 heavy (non-hydrogen) atoms. The summed E-state index contributed by atoms with van der Waals surface area (Å²) in [6, 6.07) is 8.79. The smallest absolute Gasteiger partial charge is 0.304 e. The van der Waals surface area contributed by atoms with Crippen LogP contribution < -0.4 is 5.32 Å². The van der Waals surface area contributed by atoms with Crippen LogP contribution >= 0.6 is 0 Å². The van der Waals surface area contributed by atoms with Gasteiger partial charge in [0.05, 0.1) is 0 Å². The van der Waals surface area contributed by atoms with Gasteiger partial charge in [0, 0.05) is 0 Å². The summed E-state index contributed by atoms with van der Waals surface area (Å²) in [6.45, 7) is 3.57. The van der Waals surface area contributed by atoms with E-state index in [2.05, 4.69) is 5.32 Å². The van der Waals surface area contributed by atoms with Crippen molar-refractivity contribution < 1.29 is 13.2 Å². The highest BCUT2D eigenvalue weighted by Crippen LogP contribution is 2.35. The van der Waals surface area contributed by atoms with Gasteiger partial charge in [-0.1, -0.05) is 44.2 Å². The molecule has 0 radical (unpaired) electrons. The summed E-state index contributed by atoms with van der Waals surface area (Å²) >= 11 is 0. The zero-order valence-corrected chi connectivity index (χ0v) is 10.1. The summed E-state index contributed by atoms with van der Waals surface area (Å²) < 4.78 is 39.6. The molecule has 0 aliphatic carbocycles. The van der Waals surface area contributed by atoms with Gasteiger partial charge in [0.1, 0.15) is 5.54 Å². The molecule has 0 aromatic heterocycles. The van der Waals surface area contributed by atoms with Crippen LogP contribution in [-0.2, 0) is 6.42 Å². The van der Waals surface area contributed by atoms with Crippen molar-refractivity contribution in [3.8, 4) is 0 Å². The van der Waals surface area contributed by atoms with Crippen LogP contribution in [0.15, 0.2) is 30.3 Å². The zero-order chi connectivity index (χ0) is 12.9. The van der Waals surface area contributed by atoms with E-state index in [1.54, 1.807) is 44.2 Å². The first-order chi connectivity index (χ1) is 7.95. The molecule has 0 saturated heterocycles. The van der Waals surface area contributed by atoms with Crippen molar-refractivity contribution in [1.82, 2.24) is 5.32 Å². The van der Waals surface area contributed by atoms with Gasteiger partial charge in [0.25, 0.3) is 0 Å². The Bertz CT molecular complexity index is 334. The van der Waals surface area contributed by atoms with Crippen molar-refractivity contribution in [2.45, 2.75) is 38.4 Å². The van der Waals surface area contributed by atoms with Gasteiger partial charge in [-0.15, -0.1) is 0 Å². The molecule has 0 bridgehead atoms. The molecule has 0 spiro atoms. The molecule has 4 heteroatoms. The zero-order valence-electron chi connectivity index (χ0n) is 10.1. The van der Waals surface area contributed by atoms with Crippen LogP contribution in [0.5, 0.6) is 0 Å². The van der Waals surface area contributed by atoms with Crippen molar-refractivity contribution in [2.75, 3.05) is 6.54 Å². The molecule has 0 saturated carbocycles. The Morgan fingerprint density at radius 3 is 2.06 bits per heavy atom. The molecule has 96 valence electrons. The lowest BCUT2D eigenvalue weighted by molar-refractivity contribution is -0.197. The van der Waals surface area contributed by atoms with Gasteiger partial charge in [0.15, 0.2) is 0 Å². The number of hydrogen-bond acceptors (Lipinski definition) is 1. The Hall–Kier alpha value is -1.03. The summed E-state index contributed by atoms with van der Waals surface area (Å²) in [7, 11) is 0. The van der Waals surface area contributed by atoms with E-state index in [0.717, 1.165) is 0 Å². The Labute approximate surface area is 100 Å². The van der Waals surface area contributed by atoms with Crippen molar-refractivity contribution >= 4 is 0 Å². The van der Waals surface area contributed by atoms with E-state index in [9.17, 15) is 13.2 Å². The Balaban J connectivity index is 2.98. The molecule has 1 unspecified atom stereocenters. The monoisotopic (exact) mass is 245 g/mol. The fraction of sp³-hybridized carbons (Fsp3) is 0.538. The van der Waals surface area contributed by atoms with Gasteiger partial charge in [-0.2, -0.15) is 13.2 Å². The number of benzene rings is 1. The summed E-state index contributed by atoms with van der Waals surface area (Å²) in [5.74, 6) is 0. The summed E-state index contributed by atoms with van der Waals surface area (Å²) in [6.07, 6.45) is -4.24. The van der Waals surface area contributed by atoms with E-state index in [1.165, 1.54) is 0 Å². The maximum Gasteiger partial charge on any atom is 0.406 e. The Morgan fingerprint density at radius 1 is 1.06 bits per heavy atom. The predicted molar refractivity (Wildman–Crippen MR) is 62.9 cm³/mol. The third-order valence-electron chi connectivity index (χ3n) is 3.01. The van der Waals surface area contributed by atoms with Gasteiger partial charge < -0.3 is 5.32 Å². The highest BCUT2D eigenvalue weighted by Gasteiger charge is 2.52. The Kier molecular flexibility index (Phi) is 4.57. The molecule has 0 fully saturated rings. The van der Waals surface area contributed by atoms with E-state index in [4.69, 9.17) is 0 Å². The molecule has 0 heterocycles. The third kappa shape index (κ3) is 3.22. The minimum absolute atomic E-state index is 0.0261. The quantitative estimate of drug-likeness (QED) is 0.836. The number of rotatable bonds is 5. The van der Waals surface area contributed by atoms with Crippen molar-refractivity contribution in [1.29, 1.82) is 0 Å². The minimum atomic E-state index is -4.24. The lowest BCUT2D eigenvalue weighted by Crippen LogP contribution is -2.57. The highest BCUT2D eigenvalue weighted by atomic mass is 19.4. The molecule has 1 N–H and O–H groups in total. The lowest BCUT2D eigenvalue weighted by atomic mass is 9.87. The molecule has 0 aliphatic heterocycles. The van der Waals surface area contributed by atoms with Crippen LogP contribution in [0, 0.1) is 0 Å². The second kappa shape index (κ2) is 5.54. The molecular formula is C13H18F3N. The fourth-order valence-electron chi connectivity index (χ4n) is 2.00. The molecule has 1 aromatic carbocycles. The SMILES string of the molecule is CCNC(CC)(Cc1ccccc1)C(F)(F)F. The molecule has 0 aliphatic rings. The van der Waals surface area contributed by atoms with Crippen LogP contribution in [0.1, 0.15) is 25.8 Å². The van der Waals surface area contributed by atoms with Crippen LogP contribution in [0.25, 0.3) is 0 Å². The first kappa shape index (κ1) is 14.0. The second-order valence-electron chi connectivity index (χ2n) is 4.13. The minimum Gasteiger partial charge on any atom is -0.304 e. The maximum atomic E-state index is 13.2. The largest absolute Gasteiger partial charge is 0.406 e.